The van der Waals surface area contributed by atoms with Gasteiger partial charge in [-0.25, -0.2) is 46.9 Å². The zero-order valence-corrected chi connectivity index (χ0v) is 46.9. The number of ether oxygens (including phenoxy) is 6. The van der Waals surface area contributed by atoms with Gasteiger partial charge in [-0.3, -0.25) is 0 Å². The fourth-order valence-corrected chi connectivity index (χ4v) is 12.3. The van der Waals surface area contributed by atoms with Crippen molar-refractivity contribution in [1.29, 1.82) is 0 Å². The molecule has 0 spiro atoms. The van der Waals surface area contributed by atoms with Crippen molar-refractivity contribution in [3.63, 3.8) is 0 Å². The molecule has 2 saturated heterocycles. The molecule has 6 aromatic rings. The highest BCUT2D eigenvalue weighted by atomic mass is 35.5. The van der Waals surface area contributed by atoms with Crippen LogP contribution in [-0.4, -0.2) is 158 Å². The van der Waals surface area contributed by atoms with E-state index in [1.165, 1.54) is 12.1 Å². The summed E-state index contributed by atoms with van der Waals surface area (Å²) in [5, 5.41) is 40.8. The summed E-state index contributed by atoms with van der Waals surface area (Å²) in [5.74, 6) is -2.20. The van der Waals surface area contributed by atoms with Crippen LogP contribution in [0.2, 0.25) is 5.15 Å². The third-order valence-electron chi connectivity index (χ3n) is 14.4. The maximum atomic E-state index is 13.8. The first-order valence-electron chi connectivity index (χ1n) is 26.6. The average Bonchev–Trinajstić information content (AvgIpc) is 4.03. The quantitative estimate of drug-likeness (QED) is 0.0277. The van der Waals surface area contributed by atoms with Crippen molar-refractivity contribution in [3.8, 4) is 0 Å². The topological polar surface area (TPSA) is 247 Å². The molecule has 0 radical (unpaired) electrons. The standard InChI is InChI=1S/C26H32F2N6O4S.C17H24ClN5O4S.C9H9F2N/c1-4-9-39-25-30-23(29-17-11-14(17)13-5-6-15(27)16(28)10-13)20-24(31-25)34(33-32-20)18-12-19(36-8-7-35)22-21(18)37-26(2,3)38-22;1-4-7-28-16-19-14(18)11-15(20-16)23(22-21-11)9-8-10(25-6-5-24)13-12(9)26-17(2,3)27-13;10-7-2-1-5(3-8(7)11)6-4-9(6)12/h5-6,10,14,17-19,21-22,35H,4,7-9,11-12H2,1-3H3,(H,29,30,31);9-10,12-13,24H,4-8H2,1-3H3;1-3,6,9H,4,12H2/t14-,17+,18+,19-,21-,22+;9-,10+,12+,13-;6?,9-/m011/s1. The molecule has 6 fully saturated rings. The average molecular weight is 1160 g/mol. The summed E-state index contributed by atoms with van der Waals surface area (Å²) in [7, 11) is 0. The Kier molecular flexibility index (Phi) is 17.7. The lowest BCUT2D eigenvalue weighted by Gasteiger charge is -2.23. The second-order valence-corrected chi connectivity index (χ2v) is 23.7. The van der Waals surface area contributed by atoms with Gasteiger partial charge in [0.15, 0.2) is 78.5 Å². The molecular weight excluding hydrogens is 1100 g/mol. The van der Waals surface area contributed by atoms with Gasteiger partial charge in [-0.05, 0) is 88.8 Å². The molecule has 6 heterocycles. The molecule has 4 aromatic heterocycles. The van der Waals surface area contributed by atoms with Gasteiger partial charge in [-0.15, -0.1) is 10.2 Å². The van der Waals surface area contributed by atoms with E-state index in [0.717, 1.165) is 60.4 Å². The molecule has 27 heteroatoms. The first-order valence-corrected chi connectivity index (χ1v) is 29.0. The van der Waals surface area contributed by atoms with E-state index in [9.17, 15) is 22.7 Å². The monoisotopic (exact) mass is 1160 g/mol. The predicted molar refractivity (Wildman–Crippen MR) is 285 cm³/mol. The van der Waals surface area contributed by atoms with Crippen molar-refractivity contribution in [3.05, 3.63) is 75.9 Å². The summed E-state index contributed by atoms with van der Waals surface area (Å²) in [6.07, 6.45) is 3.16. The number of aromatic nitrogens is 10. The first kappa shape index (κ1) is 57.8. The molecule has 2 aromatic carbocycles. The van der Waals surface area contributed by atoms with E-state index >= 15 is 0 Å². The number of fused-ring (bicyclic) bond motifs is 4. The fraction of sp³-hybridized carbons (Fsp3) is 0.615. The third kappa shape index (κ3) is 12.8. The zero-order valence-electron chi connectivity index (χ0n) is 44.5. The molecule has 428 valence electrons. The van der Waals surface area contributed by atoms with Crippen LogP contribution in [0.15, 0.2) is 46.7 Å². The molecular formula is C52H65ClF4N12O8S2. The summed E-state index contributed by atoms with van der Waals surface area (Å²) < 4.78 is 92.3. The molecule has 1 unspecified atom stereocenters. The lowest BCUT2D eigenvalue weighted by Crippen LogP contribution is -2.31. The largest absolute Gasteiger partial charge is 0.394 e. The molecule has 12 rings (SSSR count). The second-order valence-electron chi connectivity index (χ2n) is 21.2. The van der Waals surface area contributed by atoms with Crippen LogP contribution in [0.5, 0.6) is 0 Å². The van der Waals surface area contributed by atoms with Gasteiger partial charge >= 0.3 is 0 Å². The van der Waals surface area contributed by atoms with Gasteiger partial charge in [0.2, 0.25) is 0 Å². The second kappa shape index (κ2) is 24.2. The Hall–Kier alpha value is -4.45. The number of hydrogen-bond acceptors (Lipinski definition) is 20. The van der Waals surface area contributed by atoms with Crippen molar-refractivity contribution in [2.75, 3.05) is 43.3 Å². The number of aliphatic hydroxyl groups is 2. The van der Waals surface area contributed by atoms with Crippen LogP contribution in [0.25, 0.3) is 22.3 Å². The van der Waals surface area contributed by atoms with Crippen molar-refractivity contribution in [1.82, 2.24) is 49.9 Å². The maximum Gasteiger partial charge on any atom is 0.191 e. The molecule has 0 bridgehead atoms. The maximum absolute atomic E-state index is 13.8. The van der Waals surface area contributed by atoms with Gasteiger partial charge in [0, 0.05) is 48.3 Å². The number of nitrogens with one attached hydrogen (secondary N) is 1. The third-order valence-corrected chi connectivity index (χ3v) is 16.7. The van der Waals surface area contributed by atoms with Crippen molar-refractivity contribution in [2.45, 2.75) is 175 Å². The Morgan fingerprint density at radius 3 is 1.61 bits per heavy atom. The molecule has 12 atom stereocenters. The molecule has 4 saturated carbocycles. The number of nitrogens with two attached hydrogens (primary N) is 1. The van der Waals surface area contributed by atoms with Crippen molar-refractivity contribution < 1.29 is 56.2 Å². The Balaban J connectivity index is 0.000000152. The van der Waals surface area contributed by atoms with Crippen LogP contribution in [-0.2, 0) is 28.4 Å². The minimum Gasteiger partial charge on any atom is -0.394 e. The summed E-state index contributed by atoms with van der Waals surface area (Å²) in [6, 6.07) is 7.73. The SMILES string of the molecule is CCCSc1nc(Cl)c2nnn([C@@H]3C[C@H](OCCO)[C@H]4OC(C)(C)O[C@H]43)c2n1.CCCSc1nc(N[C@@H]2C[C@H]2c2ccc(F)c(F)c2)c2nnn([C@@H]3C[C@H](OCCO)[C@H]4OC(C)(C)O[C@H]43)c2n1.N[C@@H]1CC1c1ccc(F)c(F)c1. The smallest absolute Gasteiger partial charge is 0.191 e. The van der Waals surface area contributed by atoms with Gasteiger partial charge in [0.05, 0.1) is 50.7 Å². The predicted octanol–water partition coefficient (Wildman–Crippen LogP) is 7.81. The lowest BCUT2D eigenvalue weighted by atomic mass is 10.1. The van der Waals surface area contributed by atoms with E-state index in [0.29, 0.717) is 56.5 Å². The van der Waals surface area contributed by atoms with Gasteiger partial charge in [-0.1, -0.05) is 71.5 Å². The number of thioether (sulfide) groups is 2. The Morgan fingerprint density at radius 2 is 1.13 bits per heavy atom. The van der Waals surface area contributed by atoms with Crippen molar-refractivity contribution >= 4 is 63.3 Å². The van der Waals surface area contributed by atoms with Gasteiger partial charge in [0.25, 0.3) is 0 Å². The lowest BCUT2D eigenvalue weighted by molar-refractivity contribution is -0.171. The highest BCUT2D eigenvalue weighted by Crippen LogP contribution is 2.48. The van der Waals surface area contributed by atoms with E-state index in [4.69, 9.17) is 60.8 Å². The number of halogens is 5. The van der Waals surface area contributed by atoms with Crippen LogP contribution >= 0.6 is 35.1 Å². The Morgan fingerprint density at radius 1 is 0.658 bits per heavy atom. The fourth-order valence-electron chi connectivity index (χ4n) is 10.7. The molecule has 2 aliphatic heterocycles. The molecule has 6 aliphatic rings. The molecule has 0 amide bonds. The van der Waals surface area contributed by atoms with Gasteiger partial charge in [-0.2, -0.15) is 0 Å². The molecule has 4 aliphatic carbocycles. The minimum atomic E-state index is -0.853. The van der Waals surface area contributed by atoms with Crippen LogP contribution in [0.4, 0.5) is 23.4 Å². The summed E-state index contributed by atoms with van der Waals surface area (Å²) >= 11 is 9.43. The molecule has 79 heavy (non-hydrogen) atoms. The number of anilines is 1. The molecule has 20 nitrogen and oxygen atoms in total. The minimum absolute atomic E-state index is 0.00150. The summed E-state index contributed by atoms with van der Waals surface area (Å²) in [5.41, 5.74) is 9.28. The Bertz CT molecular complexity index is 3120. The number of aliphatic hydroxyl groups excluding tert-OH is 2. The first-order chi connectivity index (χ1) is 37.9. The van der Waals surface area contributed by atoms with Crippen molar-refractivity contribution in [2.24, 2.45) is 5.73 Å². The van der Waals surface area contributed by atoms with E-state index in [1.807, 2.05) is 27.7 Å². The number of nitrogens with zero attached hydrogens (tertiary/aromatic N) is 10. The van der Waals surface area contributed by atoms with Gasteiger partial charge < -0.3 is 49.7 Å². The van der Waals surface area contributed by atoms with Crippen LogP contribution in [0.1, 0.15) is 115 Å². The van der Waals surface area contributed by atoms with Crippen LogP contribution in [0.3, 0.4) is 0 Å². The van der Waals surface area contributed by atoms with E-state index in [1.54, 1.807) is 45.0 Å². The summed E-state index contributed by atoms with van der Waals surface area (Å²) in [4.78, 5) is 18.5. The van der Waals surface area contributed by atoms with E-state index < -0.39 is 34.8 Å². The Labute approximate surface area is 466 Å². The molecule has 5 N–H and O–H groups in total. The van der Waals surface area contributed by atoms with E-state index in [-0.39, 0.29) is 99.1 Å². The van der Waals surface area contributed by atoms with E-state index in [2.05, 4.69) is 49.8 Å². The van der Waals surface area contributed by atoms with Crippen LogP contribution < -0.4 is 11.1 Å². The van der Waals surface area contributed by atoms with Crippen LogP contribution in [0, 0.1) is 23.3 Å². The number of rotatable bonds is 18. The number of hydrogen-bond donors (Lipinski definition) is 4. The summed E-state index contributed by atoms with van der Waals surface area (Å²) in [6.45, 7) is 12.0. The van der Waals surface area contributed by atoms with Gasteiger partial charge in [0.1, 0.15) is 24.4 Å². The number of benzene rings is 2. The highest BCUT2D eigenvalue weighted by molar-refractivity contribution is 7.99. The normalized spacial score (nSPS) is 28.8. The zero-order chi connectivity index (χ0) is 55.9. The highest BCUT2D eigenvalue weighted by Gasteiger charge is 2.57.